The second-order valence-corrected chi connectivity index (χ2v) is 6.03. The van der Waals surface area contributed by atoms with E-state index in [1.54, 1.807) is 11.3 Å². The predicted molar refractivity (Wildman–Crippen MR) is 66.1 cm³/mol. The average Bonchev–Trinajstić information content (AvgIpc) is 2.71. The number of carbonyl (C=O) groups is 1. The highest BCUT2D eigenvalue weighted by molar-refractivity contribution is 9.10. The molecule has 0 bridgehead atoms. The van der Waals surface area contributed by atoms with Crippen LogP contribution in [0.2, 0.25) is 0 Å². The largest absolute Gasteiger partial charge is 0.353 e. The Hall–Kier alpha value is -0.350. The molecule has 2 rings (SSSR count). The molecule has 2 nitrogen and oxygen atoms in total. The molecule has 82 valence electrons. The Morgan fingerprint density at radius 2 is 2.47 bits per heavy atom. The van der Waals surface area contributed by atoms with Gasteiger partial charge in [-0.15, -0.1) is 11.3 Å². The van der Waals surface area contributed by atoms with Gasteiger partial charge in [0.15, 0.2) is 0 Å². The van der Waals surface area contributed by atoms with Gasteiger partial charge < -0.3 is 5.32 Å². The summed E-state index contributed by atoms with van der Waals surface area (Å²) >= 11 is 5.11. The molecule has 4 heteroatoms. The molecule has 1 aromatic heterocycles. The molecule has 1 heterocycles. The third kappa shape index (κ3) is 3.31. The lowest BCUT2D eigenvalue weighted by Gasteiger charge is -2.02. The fourth-order valence-electron chi connectivity index (χ4n) is 1.52. The van der Waals surface area contributed by atoms with E-state index in [0.29, 0.717) is 18.4 Å². The Morgan fingerprint density at radius 1 is 1.73 bits per heavy atom. The number of carbonyl (C=O) groups excluding carboxylic acids is 1. The van der Waals surface area contributed by atoms with Gasteiger partial charge in [0.2, 0.25) is 5.91 Å². The molecule has 0 radical (unpaired) electrons. The van der Waals surface area contributed by atoms with Crippen molar-refractivity contribution in [1.82, 2.24) is 5.32 Å². The molecule has 1 fully saturated rings. The lowest BCUT2D eigenvalue weighted by atomic mass is 10.2. The normalized spacial score (nSPS) is 23.9. The summed E-state index contributed by atoms with van der Waals surface area (Å²) in [5, 5.41) is 5.09. The van der Waals surface area contributed by atoms with E-state index < -0.39 is 0 Å². The fraction of sp³-hybridized carbons (Fsp3) is 0.545. The molecule has 1 saturated carbocycles. The highest BCUT2D eigenvalue weighted by Gasteiger charge is 2.33. The van der Waals surface area contributed by atoms with Gasteiger partial charge in [0.25, 0.3) is 0 Å². The van der Waals surface area contributed by atoms with Crippen LogP contribution in [0.5, 0.6) is 0 Å². The van der Waals surface area contributed by atoms with Crippen LogP contribution in [-0.2, 0) is 11.2 Å². The van der Waals surface area contributed by atoms with Crippen molar-refractivity contribution in [2.75, 3.05) is 0 Å². The number of hydrogen-bond donors (Lipinski definition) is 1. The minimum absolute atomic E-state index is 0.189. The molecule has 1 aliphatic rings. The van der Waals surface area contributed by atoms with Crippen molar-refractivity contribution in [1.29, 1.82) is 0 Å². The molecule has 1 N–H and O–H groups in total. The smallest absolute Gasteiger partial charge is 0.220 e. The number of amides is 1. The van der Waals surface area contributed by atoms with Crippen molar-refractivity contribution in [3.8, 4) is 0 Å². The number of thiophene rings is 1. The van der Waals surface area contributed by atoms with Crippen molar-refractivity contribution in [3.63, 3.8) is 0 Å². The van der Waals surface area contributed by atoms with E-state index in [9.17, 15) is 4.79 Å². The van der Waals surface area contributed by atoms with Crippen molar-refractivity contribution in [2.45, 2.75) is 32.2 Å². The van der Waals surface area contributed by atoms with E-state index >= 15 is 0 Å². The maximum atomic E-state index is 11.5. The molecule has 1 aromatic rings. The molecular weight excluding hydrogens is 274 g/mol. The van der Waals surface area contributed by atoms with E-state index in [4.69, 9.17) is 0 Å². The molecule has 0 spiro atoms. The quantitative estimate of drug-likeness (QED) is 0.906. The van der Waals surface area contributed by atoms with Gasteiger partial charge in [0.05, 0.1) is 0 Å². The van der Waals surface area contributed by atoms with Crippen LogP contribution in [0.1, 0.15) is 24.6 Å². The summed E-state index contributed by atoms with van der Waals surface area (Å²) in [6, 6.07) is 2.53. The van der Waals surface area contributed by atoms with Gasteiger partial charge in [-0.05, 0) is 40.8 Å². The maximum absolute atomic E-state index is 11.5. The van der Waals surface area contributed by atoms with Crippen molar-refractivity contribution in [3.05, 3.63) is 20.8 Å². The summed E-state index contributed by atoms with van der Waals surface area (Å²) in [4.78, 5) is 12.8. The number of aryl methyl sites for hydroxylation is 1. The van der Waals surface area contributed by atoms with Crippen molar-refractivity contribution < 1.29 is 4.79 Å². The molecule has 0 saturated heterocycles. The summed E-state index contributed by atoms with van der Waals surface area (Å²) in [7, 11) is 0. The topological polar surface area (TPSA) is 29.1 Å². The van der Waals surface area contributed by atoms with Crippen LogP contribution in [0.4, 0.5) is 0 Å². The molecule has 1 amide bonds. The monoisotopic (exact) mass is 287 g/mol. The van der Waals surface area contributed by atoms with Crippen LogP contribution in [0.15, 0.2) is 15.9 Å². The van der Waals surface area contributed by atoms with Crippen LogP contribution in [0, 0.1) is 5.92 Å². The fourth-order valence-corrected chi connectivity index (χ4v) is 2.98. The summed E-state index contributed by atoms with van der Waals surface area (Å²) < 4.78 is 1.11. The van der Waals surface area contributed by atoms with E-state index in [1.807, 2.05) is 0 Å². The minimum atomic E-state index is 0.189. The van der Waals surface area contributed by atoms with Crippen LogP contribution in [0.3, 0.4) is 0 Å². The van der Waals surface area contributed by atoms with Crippen molar-refractivity contribution in [2.24, 2.45) is 5.92 Å². The Balaban J connectivity index is 1.71. The predicted octanol–water partition coefficient (Wildman–Crippen LogP) is 2.97. The summed E-state index contributed by atoms with van der Waals surface area (Å²) in [5.41, 5.74) is 0. The molecular formula is C11H14BrNOS. The SMILES string of the molecule is C[C@H]1C[C@H]1NC(=O)CCc1cc(Br)cs1. The van der Waals surface area contributed by atoms with Crippen LogP contribution in [-0.4, -0.2) is 11.9 Å². The van der Waals surface area contributed by atoms with Crippen LogP contribution in [0.25, 0.3) is 0 Å². The van der Waals surface area contributed by atoms with Gasteiger partial charge in [0, 0.05) is 27.2 Å². The summed E-state index contributed by atoms with van der Waals surface area (Å²) in [5.74, 6) is 0.874. The molecule has 2 atom stereocenters. The minimum Gasteiger partial charge on any atom is -0.353 e. The second kappa shape index (κ2) is 4.66. The number of nitrogens with one attached hydrogen (secondary N) is 1. The highest BCUT2D eigenvalue weighted by Crippen LogP contribution is 2.29. The molecule has 0 aliphatic heterocycles. The van der Waals surface area contributed by atoms with Gasteiger partial charge in [0.1, 0.15) is 0 Å². The Morgan fingerprint density at radius 3 is 3.00 bits per heavy atom. The zero-order valence-electron chi connectivity index (χ0n) is 8.63. The highest BCUT2D eigenvalue weighted by atomic mass is 79.9. The maximum Gasteiger partial charge on any atom is 0.220 e. The number of halogens is 1. The zero-order chi connectivity index (χ0) is 10.8. The van der Waals surface area contributed by atoms with Gasteiger partial charge in [-0.2, -0.15) is 0 Å². The van der Waals surface area contributed by atoms with Gasteiger partial charge in [-0.25, -0.2) is 0 Å². The van der Waals surface area contributed by atoms with E-state index in [0.717, 1.165) is 17.3 Å². The van der Waals surface area contributed by atoms with Crippen LogP contribution < -0.4 is 5.32 Å². The van der Waals surface area contributed by atoms with Gasteiger partial charge >= 0.3 is 0 Å². The van der Waals surface area contributed by atoms with Crippen molar-refractivity contribution >= 4 is 33.2 Å². The zero-order valence-corrected chi connectivity index (χ0v) is 11.0. The first-order valence-electron chi connectivity index (χ1n) is 5.17. The van der Waals surface area contributed by atoms with E-state index in [-0.39, 0.29) is 5.91 Å². The standard InChI is InChI=1S/C11H14BrNOS/c1-7-4-10(7)13-11(14)3-2-9-5-8(12)6-15-9/h5-7,10H,2-4H2,1H3,(H,13,14)/t7-,10+/m0/s1. The third-order valence-corrected chi connectivity index (χ3v) is 4.43. The van der Waals surface area contributed by atoms with Gasteiger partial charge in [-0.1, -0.05) is 6.92 Å². The second-order valence-electron chi connectivity index (χ2n) is 4.12. The van der Waals surface area contributed by atoms with E-state index in [1.165, 1.54) is 4.88 Å². The Kier molecular flexibility index (Phi) is 3.46. The summed E-state index contributed by atoms with van der Waals surface area (Å²) in [6.45, 7) is 2.17. The average molecular weight is 288 g/mol. The third-order valence-electron chi connectivity index (χ3n) is 2.68. The number of rotatable bonds is 4. The Labute approximate surface area is 102 Å². The van der Waals surface area contributed by atoms with E-state index in [2.05, 4.69) is 39.6 Å². The molecule has 1 aliphatic carbocycles. The summed E-state index contributed by atoms with van der Waals surface area (Å²) in [6.07, 6.45) is 2.61. The molecule has 0 aromatic carbocycles. The lowest BCUT2D eigenvalue weighted by molar-refractivity contribution is -0.121. The first-order valence-corrected chi connectivity index (χ1v) is 6.84. The Bertz CT molecular complexity index is 363. The molecule has 0 unspecified atom stereocenters. The first-order chi connectivity index (χ1) is 7.15. The van der Waals surface area contributed by atoms with Gasteiger partial charge in [-0.3, -0.25) is 4.79 Å². The first kappa shape index (κ1) is 11.1. The lowest BCUT2D eigenvalue weighted by Crippen LogP contribution is -2.26. The molecule has 15 heavy (non-hydrogen) atoms. The number of hydrogen-bond acceptors (Lipinski definition) is 2. The van der Waals surface area contributed by atoms with Crippen LogP contribution >= 0.6 is 27.3 Å².